The first-order valence-electron chi connectivity index (χ1n) is 12.8. The van der Waals surface area contributed by atoms with E-state index in [1.807, 2.05) is 69.2 Å². The molecule has 1 aliphatic rings. The van der Waals surface area contributed by atoms with Crippen LogP contribution in [-0.4, -0.2) is 67.5 Å². The molecule has 5 rings (SSSR count). The minimum absolute atomic E-state index is 0.0660. The lowest BCUT2D eigenvalue weighted by atomic mass is 9.98. The number of fused-ring (bicyclic) bond motifs is 1. The predicted octanol–water partition coefficient (Wildman–Crippen LogP) is 3.13. The first-order chi connectivity index (χ1) is 19.1. The number of aromatic nitrogens is 4. The molecule has 204 valence electrons. The van der Waals surface area contributed by atoms with Gasteiger partial charge in [-0.3, -0.25) is 13.9 Å². The zero-order valence-corrected chi connectivity index (χ0v) is 22.8. The lowest BCUT2D eigenvalue weighted by molar-refractivity contribution is -0.132. The Morgan fingerprint density at radius 2 is 1.75 bits per heavy atom. The van der Waals surface area contributed by atoms with Crippen molar-refractivity contribution in [2.75, 3.05) is 32.9 Å². The van der Waals surface area contributed by atoms with Crippen molar-refractivity contribution in [1.29, 1.82) is 5.26 Å². The van der Waals surface area contributed by atoms with E-state index in [2.05, 4.69) is 9.97 Å². The Labute approximate surface area is 231 Å². The smallest absolute Gasteiger partial charge is 0.335 e. The van der Waals surface area contributed by atoms with Gasteiger partial charge in [0, 0.05) is 18.6 Å². The number of likely N-dealkylation sites (N-methyl/N-ethyl adjacent to an activating group) is 1. The Bertz CT molecular complexity index is 1690. The van der Waals surface area contributed by atoms with E-state index in [4.69, 9.17) is 10.5 Å². The van der Waals surface area contributed by atoms with Crippen LogP contribution < -0.4 is 16.2 Å². The number of hydrogen-bond donors (Lipinski definition) is 1. The van der Waals surface area contributed by atoms with Crippen molar-refractivity contribution in [2.24, 2.45) is 0 Å². The standard InChI is InChI=1S/C29H30N8O3/c1-29(2,34(3)4)14-19(15-30)27(38)35-16-21(17-35)37-26-24(25(31)32-18-33-26)36(28(37)39)20-10-12-23(13-11-20)40-22-8-6-5-7-9-22/h5-14,18,21H,16-17H2,1-4H3,(H2,31,32,33)/b19-14-. The van der Waals surface area contributed by atoms with Gasteiger partial charge in [-0.05, 0) is 70.4 Å². The summed E-state index contributed by atoms with van der Waals surface area (Å²) in [6.45, 7) is 4.37. The number of carbonyl (C=O) groups excluding carboxylic acids is 1. The molecule has 11 heteroatoms. The summed E-state index contributed by atoms with van der Waals surface area (Å²) in [5, 5.41) is 9.66. The Morgan fingerprint density at radius 1 is 1.10 bits per heavy atom. The molecule has 0 aliphatic carbocycles. The Kier molecular flexibility index (Phi) is 6.87. The van der Waals surface area contributed by atoms with E-state index < -0.39 is 5.54 Å². The highest BCUT2D eigenvalue weighted by Crippen LogP contribution is 2.29. The van der Waals surface area contributed by atoms with Crippen molar-refractivity contribution in [2.45, 2.75) is 25.4 Å². The summed E-state index contributed by atoms with van der Waals surface area (Å²) in [6.07, 6.45) is 2.98. The van der Waals surface area contributed by atoms with Crippen LogP contribution in [0.15, 0.2) is 77.4 Å². The Hall–Kier alpha value is -4.95. The summed E-state index contributed by atoms with van der Waals surface area (Å²) in [6, 6.07) is 18.2. The molecular weight excluding hydrogens is 508 g/mol. The molecule has 1 aliphatic heterocycles. The third kappa shape index (κ3) is 4.81. The molecule has 0 unspecified atom stereocenters. The lowest BCUT2D eigenvalue weighted by Gasteiger charge is -2.39. The summed E-state index contributed by atoms with van der Waals surface area (Å²) in [4.78, 5) is 38.8. The van der Waals surface area contributed by atoms with Crippen LogP contribution >= 0.6 is 0 Å². The molecule has 1 amide bonds. The molecule has 3 heterocycles. The van der Waals surface area contributed by atoms with Crippen LogP contribution in [0, 0.1) is 11.3 Å². The van der Waals surface area contributed by atoms with Crippen molar-refractivity contribution in [1.82, 2.24) is 28.9 Å². The number of carbonyl (C=O) groups is 1. The number of amides is 1. The zero-order chi connectivity index (χ0) is 28.6. The second-order valence-corrected chi connectivity index (χ2v) is 10.4. The van der Waals surface area contributed by atoms with E-state index >= 15 is 0 Å². The van der Waals surface area contributed by atoms with Crippen LogP contribution in [0.2, 0.25) is 0 Å². The van der Waals surface area contributed by atoms with E-state index in [1.165, 1.54) is 10.9 Å². The minimum atomic E-state index is -0.481. The van der Waals surface area contributed by atoms with E-state index in [9.17, 15) is 14.9 Å². The fraction of sp³-hybridized carbons (Fsp3) is 0.276. The van der Waals surface area contributed by atoms with Crippen LogP contribution in [0.25, 0.3) is 16.9 Å². The summed E-state index contributed by atoms with van der Waals surface area (Å²) in [7, 11) is 3.77. The van der Waals surface area contributed by atoms with Gasteiger partial charge in [-0.25, -0.2) is 14.8 Å². The van der Waals surface area contributed by atoms with E-state index in [1.54, 1.807) is 39.8 Å². The monoisotopic (exact) mass is 538 g/mol. The molecule has 1 saturated heterocycles. The van der Waals surface area contributed by atoms with Gasteiger partial charge in [-0.15, -0.1) is 0 Å². The number of hydrogen-bond acceptors (Lipinski definition) is 8. The van der Waals surface area contributed by atoms with Gasteiger partial charge in [0.2, 0.25) is 0 Å². The molecule has 0 bridgehead atoms. The molecule has 0 atom stereocenters. The van der Waals surface area contributed by atoms with Crippen LogP contribution in [0.1, 0.15) is 19.9 Å². The van der Waals surface area contributed by atoms with Gasteiger partial charge in [0.25, 0.3) is 5.91 Å². The lowest BCUT2D eigenvalue weighted by Crippen LogP contribution is -2.53. The molecule has 2 N–H and O–H groups in total. The van der Waals surface area contributed by atoms with Gasteiger partial charge in [-0.1, -0.05) is 18.2 Å². The highest BCUT2D eigenvalue weighted by molar-refractivity contribution is 5.98. The highest BCUT2D eigenvalue weighted by atomic mass is 16.5. The summed E-state index contributed by atoms with van der Waals surface area (Å²) in [5.74, 6) is 1.11. The first kappa shape index (κ1) is 26.6. The number of anilines is 1. The molecule has 2 aromatic heterocycles. The molecule has 2 aromatic carbocycles. The third-order valence-electron chi connectivity index (χ3n) is 7.27. The van der Waals surface area contributed by atoms with Gasteiger partial charge in [-0.2, -0.15) is 5.26 Å². The predicted molar refractivity (Wildman–Crippen MR) is 151 cm³/mol. The number of benzene rings is 2. The molecule has 1 fully saturated rings. The number of rotatable bonds is 7. The molecule has 11 nitrogen and oxygen atoms in total. The number of nitrogens with zero attached hydrogens (tertiary/aromatic N) is 7. The van der Waals surface area contributed by atoms with Crippen LogP contribution in [0.4, 0.5) is 5.82 Å². The maximum Gasteiger partial charge on any atom is 0.335 e. The molecule has 4 aromatic rings. The first-order valence-corrected chi connectivity index (χ1v) is 12.8. The topological polar surface area (TPSA) is 135 Å². The maximum absolute atomic E-state index is 13.8. The number of para-hydroxylation sites is 1. The van der Waals surface area contributed by atoms with Crippen molar-refractivity contribution in [3.63, 3.8) is 0 Å². The van der Waals surface area contributed by atoms with Gasteiger partial charge < -0.3 is 20.3 Å². The van der Waals surface area contributed by atoms with Crippen LogP contribution in [0.3, 0.4) is 0 Å². The fourth-order valence-corrected chi connectivity index (χ4v) is 4.50. The van der Waals surface area contributed by atoms with Crippen molar-refractivity contribution < 1.29 is 9.53 Å². The second kappa shape index (κ2) is 10.3. The fourth-order valence-electron chi connectivity index (χ4n) is 4.50. The van der Waals surface area contributed by atoms with E-state index in [0.717, 1.165) is 0 Å². The van der Waals surface area contributed by atoms with Gasteiger partial charge >= 0.3 is 5.69 Å². The normalized spacial score (nSPS) is 14.3. The molecule has 0 spiro atoms. The highest BCUT2D eigenvalue weighted by Gasteiger charge is 2.37. The SMILES string of the molecule is CN(C)C(C)(C)/C=C(/C#N)C(=O)N1CC(n2c(=O)n(-c3ccc(Oc4ccccc4)cc3)c3c(N)ncnc32)C1. The average molecular weight is 539 g/mol. The molecular formula is C29H30N8O3. The largest absolute Gasteiger partial charge is 0.457 e. The van der Waals surface area contributed by atoms with Gasteiger partial charge in [0.15, 0.2) is 11.5 Å². The molecule has 40 heavy (non-hydrogen) atoms. The third-order valence-corrected chi connectivity index (χ3v) is 7.27. The van der Waals surface area contributed by atoms with Gasteiger partial charge in [0.1, 0.15) is 35.0 Å². The molecule has 0 saturated carbocycles. The number of nitriles is 1. The van der Waals surface area contributed by atoms with Crippen LogP contribution in [-0.2, 0) is 4.79 Å². The number of imidazole rings is 1. The maximum atomic E-state index is 13.8. The number of ether oxygens (including phenoxy) is 1. The summed E-state index contributed by atoms with van der Waals surface area (Å²) in [5.41, 5.74) is 6.80. The van der Waals surface area contributed by atoms with E-state index in [-0.39, 0.29) is 42.1 Å². The van der Waals surface area contributed by atoms with Gasteiger partial charge in [0.05, 0.1) is 11.7 Å². The summed E-state index contributed by atoms with van der Waals surface area (Å²) >= 11 is 0. The Morgan fingerprint density at radius 3 is 2.38 bits per heavy atom. The summed E-state index contributed by atoms with van der Waals surface area (Å²) < 4.78 is 8.90. The average Bonchev–Trinajstić information content (AvgIpc) is 3.20. The van der Waals surface area contributed by atoms with Crippen molar-refractivity contribution >= 4 is 22.9 Å². The zero-order valence-electron chi connectivity index (χ0n) is 22.8. The van der Waals surface area contributed by atoms with Crippen LogP contribution in [0.5, 0.6) is 11.5 Å². The Balaban J connectivity index is 1.44. The second-order valence-electron chi connectivity index (χ2n) is 10.4. The van der Waals surface area contributed by atoms with Crippen molar-refractivity contribution in [3.05, 3.63) is 83.1 Å². The van der Waals surface area contributed by atoms with E-state index in [0.29, 0.717) is 28.4 Å². The number of nitrogen functional groups attached to an aromatic ring is 1. The number of likely N-dealkylation sites (tertiary alicyclic amines) is 1. The minimum Gasteiger partial charge on any atom is -0.457 e. The van der Waals surface area contributed by atoms with Crippen molar-refractivity contribution in [3.8, 4) is 23.3 Å². The molecule has 0 radical (unpaired) electrons. The number of nitrogens with two attached hydrogens (primary N) is 1. The quantitative estimate of drug-likeness (QED) is 0.280.